The number of benzene rings is 1. The Bertz CT molecular complexity index is 423. The van der Waals surface area contributed by atoms with Gasteiger partial charge in [-0.2, -0.15) is 0 Å². The largest absolute Gasteiger partial charge is 0.399 e. The number of aliphatic hydroxyl groups is 4. The molecule has 2 rings (SSSR count). The second-order valence-corrected chi connectivity index (χ2v) is 4.75. The van der Waals surface area contributed by atoms with E-state index in [1.165, 1.54) is 0 Å². The zero-order valence-corrected chi connectivity index (χ0v) is 10.8. The number of hydrogen-bond acceptors (Lipinski definition) is 7. The Hall–Kier alpha value is -1.22. The molecule has 0 radical (unpaired) electrons. The molecule has 1 aliphatic heterocycles. The van der Waals surface area contributed by atoms with Gasteiger partial charge < -0.3 is 35.6 Å². The van der Waals surface area contributed by atoms with Gasteiger partial charge in [-0.3, -0.25) is 0 Å². The zero-order chi connectivity index (χ0) is 14.7. The molecule has 1 heterocycles. The number of ether oxygens (including phenoxy) is 2. The maximum Gasteiger partial charge on any atom is 0.187 e. The van der Waals surface area contributed by atoms with Crippen LogP contribution in [-0.4, -0.2) is 57.7 Å². The van der Waals surface area contributed by atoms with Crippen molar-refractivity contribution in [3.05, 3.63) is 29.8 Å². The molecule has 0 bridgehead atoms. The highest BCUT2D eigenvalue weighted by Crippen LogP contribution is 2.22. The van der Waals surface area contributed by atoms with Crippen molar-refractivity contribution >= 4 is 5.69 Å². The summed E-state index contributed by atoms with van der Waals surface area (Å²) in [6.07, 6.45) is -6.29. The summed E-state index contributed by atoms with van der Waals surface area (Å²) in [5.41, 5.74) is 7.01. The fourth-order valence-corrected chi connectivity index (χ4v) is 2.00. The summed E-state index contributed by atoms with van der Waals surface area (Å²) in [6.45, 7) is -0.338. The van der Waals surface area contributed by atoms with E-state index >= 15 is 0 Å². The van der Waals surface area contributed by atoms with E-state index in [1.54, 1.807) is 24.3 Å². The van der Waals surface area contributed by atoms with Crippen molar-refractivity contribution in [2.75, 3.05) is 12.3 Å². The average Bonchev–Trinajstić information content (AvgIpc) is 2.46. The predicted octanol–water partition coefficient (Wildman–Crippen LogP) is -1.41. The van der Waals surface area contributed by atoms with Crippen molar-refractivity contribution in [1.29, 1.82) is 0 Å². The molecule has 1 saturated heterocycles. The van der Waals surface area contributed by atoms with E-state index in [-0.39, 0.29) is 6.61 Å². The molecule has 0 spiro atoms. The number of anilines is 1. The molecule has 7 nitrogen and oxygen atoms in total. The number of rotatable bonds is 4. The van der Waals surface area contributed by atoms with Gasteiger partial charge in [0.2, 0.25) is 0 Å². The van der Waals surface area contributed by atoms with E-state index in [9.17, 15) is 15.3 Å². The fourth-order valence-electron chi connectivity index (χ4n) is 2.00. The molecule has 1 unspecified atom stereocenters. The Balaban J connectivity index is 1.95. The molecule has 0 amide bonds. The highest BCUT2D eigenvalue weighted by Gasteiger charge is 2.43. The second-order valence-electron chi connectivity index (χ2n) is 4.75. The van der Waals surface area contributed by atoms with Gasteiger partial charge in [0.05, 0.1) is 13.2 Å². The lowest BCUT2D eigenvalue weighted by Crippen LogP contribution is -2.59. The van der Waals surface area contributed by atoms with E-state index in [0.29, 0.717) is 5.69 Å². The standard InChI is InChI=1S/C13H19NO6/c14-8-3-1-7(2-4-8)6-19-13-12(18)11(17)10(16)9(5-15)20-13/h1-4,9-13,15-18H,5-6,14H2/t9-,10-,11+,12+,13?/m1/s1. The first kappa shape index (κ1) is 15.2. The molecule has 7 heteroatoms. The molecule has 1 aliphatic rings. The van der Waals surface area contributed by atoms with Crippen LogP contribution in [0.15, 0.2) is 24.3 Å². The number of nitrogen functional groups attached to an aromatic ring is 1. The summed E-state index contributed by atoms with van der Waals surface area (Å²) in [5.74, 6) is 0. The van der Waals surface area contributed by atoms with E-state index < -0.39 is 37.3 Å². The lowest BCUT2D eigenvalue weighted by molar-refractivity contribution is -0.304. The van der Waals surface area contributed by atoms with Crippen molar-refractivity contribution < 1.29 is 29.9 Å². The lowest BCUT2D eigenvalue weighted by Gasteiger charge is -2.39. The summed E-state index contributed by atoms with van der Waals surface area (Å²) in [6, 6.07) is 6.96. The van der Waals surface area contributed by atoms with Crippen LogP contribution in [0, 0.1) is 0 Å². The Morgan fingerprint density at radius 1 is 1.05 bits per heavy atom. The highest BCUT2D eigenvalue weighted by atomic mass is 16.7. The molecule has 6 N–H and O–H groups in total. The summed E-state index contributed by atoms with van der Waals surface area (Å²) in [5, 5.41) is 38.1. The van der Waals surface area contributed by atoms with Crippen LogP contribution in [0.4, 0.5) is 5.69 Å². The SMILES string of the molecule is Nc1ccc(COC2O[C@H](CO)[C@@H](O)[C@H](O)[C@@H]2O)cc1. The smallest absolute Gasteiger partial charge is 0.187 e. The van der Waals surface area contributed by atoms with Gasteiger partial charge in [-0.1, -0.05) is 12.1 Å². The maximum atomic E-state index is 9.78. The molecular weight excluding hydrogens is 266 g/mol. The van der Waals surface area contributed by atoms with Gasteiger partial charge >= 0.3 is 0 Å². The van der Waals surface area contributed by atoms with Crippen molar-refractivity contribution in [2.24, 2.45) is 0 Å². The Morgan fingerprint density at radius 2 is 1.70 bits per heavy atom. The van der Waals surface area contributed by atoms with E-state index in [4.69, 9.17) is 20.3 Å². The highest BCUT2D eigenvalue weighted by molar-refractivity contribution is 5.39. The number of hydrogen-bond donors (Lipinski definition) is 5. The third-order valence-corrected chi connectivity index (χ3v) is 3.24. The van der Waals surface area contributed by atoms with Crippen LogP contribution >= 0.6 is 0 Å². The molecule has 20 heavy (non-hydrogen) atoms. The molecule has 112 valence electrons. The minimum Gasteiger partial charge on any atom is -0.399 e. The number of nitrogens with two attached hydrogens (primary N) is 1. The third kappa shape index (κ3) is 3.26. The summed E-state index contributed by atoms with van der Waals surface area (Å²) >= 11 is 0. The fraction of sp³-hybridized carbons (Fsp3) is 0.538. The van der Waals surface area contributed by atoms with Crippen LogP contribution in [0.25, 0.3) is 0 Å². The van der Waals surface area contributed by atoms with Crippen LogP contribution in [0.2, 0.25) is 0 Å². The summed E-state index contributed by atoms with van der Waals surface area (Å²) in [7, 11) is 0. The average molecular weight is 285 g/mol. The van der Waals surface area contributed by atoms with Crippen LogP contribution in [0.5, 0.6) is 0 Å². The van der Waals surface area contributed by atoms with Crippen LogP contribution in [-0.2, 0) is 16.1 Å². The van der Waals surface area contributed by atoms with Crippen LogP contribution in [0.1, 0.15) is 5.56 Å². The quantitative estimate of drug-likeness (QED) is 0.430. The minimum atomic E-state index is -1.43. The Kier molecular flexibility index (Phi) is 4.92. The van der Waals surface area contributed by atoms with E-state index in [1.807, 2.05) is 0 Å². The van der Waals surface area contributed by atoms with Crippen molar-refractivity contribution in [3.63, 3.8) is 0 Å². The summed E-state index contributed by atoms with van der Waals surface area (Å²) in [4.78, 5) is 0. The van der Waals surface area contributed by atoms with E-state index in [2.05, 4.69) is 0 Å². The first-order valence-corrected chi connectivity index (χ1v) is 6.29. The monoisotopic (exact) mass is 285 g/mol. The molecular formula is C13H19NO6. The maximum absolute atomic E-state index is 9.78. The van der Waals surface area contributed by atoms with Gasteiger partial charge in [-0.15, -0.1) is 0 Å². The Labute approximate surface area is 116 Å². The van der Waals surface area contributed by atoms with Gasteiger partial charge in [0.15, 0.2) is 6.29 Å². The van der Waals surface area contributed by atoms with Gasteiger partial charge in [0.1, 0.15) is 24.4 Å². The van der Waals surface area contributed by atoms with Crippen molar-refractivity contribution in [2.45, 2.75) is 37.3 Å². The van der Waals surface area contributed by atoms with Crippen LogP contribution < -0.4 is 5.73 Å². The number of aliphatic hydroxyl groups excluding tert-OH is 4. The van der Waals surface area contributed by atoms with E-state index in [0.717, 1.165) is 5.56 Å². The molecule has 5 atom stereocenters. The molecule has 1 aromatic carbocycles. The Morgan fingerprint density at radius 3 is 2.30 bits per heavy atom. The normalized spacial score (nSPS) is 34.1. The van der Waals surface area contributed by atoms with Gasteiger partial charge in [0, 0.05) is 5.69 Å². The molecule has 1 fully saturated rings. The zero-order valence-electron chi connectivity index (χ0n) is 10.8. The first-order valence-electron chi connectivity index (χ1n) is 6.29. The second kappa shape index (κ2) is 6.49. The van der Waals surface area contributed by atoms with Crippen molar-refractivity contribution in [3.8, 4) is 0 Å². The van der Waals surface area contributed by atoms with Crippen molar-refractivity contribution in [1.82, 2.24) is 0 Å². The molecule has 0 aromatic heterocycles. The predicted molar refractivity (Wildman–Crippen MR) is 69.4 cm³/mol. The van der Waals surface area contributed by atoms with Gasteiger partial charge in [-0.05, 0) is 17.7 Å². The molecule has 1 aromatic rings. The molecule has 0 saturated carbocycles. The van der Waals surface area contributed by atoms with Crippen LogP contribution in [0.3, 0.4) is 0 Å². The van der Waals surface area contributed by atoms with Gasteiger partial charge in [-0.25, -0.2) is 0 Å². The minimum absolute atomic E-state index is 0.142. The summed E-state index contributed by atoms with van der Waals surface area (Å²) < 4.78 is 10.6. The lowest BCUT2D eigenvalue weighted by atomic mass is 9.99. The third-order valence-electron chi connectivity index (χ3n) is 3.24. The topological polar surface area (TPSA) is 125 Å². The molecule has 0 aliphatic carbocycles. The first-order chi connectivity index (χ1) is 9.52. The van der Waals surface area contributed by atoms with Gasteiger partial charge in [0.25, 0.3) is 0 Å².